The van der Waals surface area contributed by atoms with Crippen molar-refractivity contribution in [2.24, 2.45) is 5.92 Å². The lowest BCUT2D eigenvalue weighted by atomic mass is 10.0. The van der Waals surface area contributed by atoms with Gasteiger partial charge in [-0.15, -0.1) is 11.3 Å². The van der Waals surface area contributed by atoms with Crippen LogP contribution in [0.15, 0.2) is 24.3 Å². The zero-order valence-corrected chi connectivity index (χ0v) is 17.4. The van der Waals surface area contributed by atoms with Gasteiger partial charge in [-0.3, -0.25) is 9.59 Å². The Hall–Kier alpha value is -2.58. The lowest BCUT2D eigenvalue weighted by molar-refractivity contribution is 0.111. The maximum atomic E-state index is 11.4. The van der Waals surface area contributed by atoms with Crippen molar-refractivity contribution in [1.29, 1.82) is 0 Å². The highest BCUT2D eigenvalue weighted by atomic mass is 32.1. The standard InChI is InChI=1S/C23H26O4S/c1-4-6-7-17(5-2)16-27-23-13-19(14-24)22(26-3)12-18(23)8-9-20-10-11-21(15-25)28-20/h10-15,17H,4-7,16H2,1-3H3. The molecule has 5 heteroatoms. The Kier molecular flexibility index (Phi) is 8.77. The topological polar surface area (TPSA) is 52.6 Å². The van der Waals surface area contributed by atoms with E-state index >= 15 is 0 Å². The third-order valence-electron chi connectivity index (χ3n) is 4.54. The first-order chi connectivity index (χ1) is 13.6. The lowest BCUT2D eigenvalue weighted by Gasteiger charge is -2.17. The Morgan fingerprint density at radius 3 is 2.54 bits per heavy atom. The van der Waals surface area contributed by atoms with Crippen molar-refractivity contribution in [3.63, 3.8) is 0 Å². The predicted octanol–water partition coefficient (Wildman–Crippen LogP) is 5.38. The van der Waals surface area contributed by atoms with Gasteiger partial charge in [0.1, 0.15) is 11.5 Å². The number of aldehydes is 2. The molecule has 1 aromatic heterocycles. The van der Waals surface area contributed by atoms with Crippen LogP contribution in [0.3, 0.4) is 0 Å². The van der Waals surface area contributed by atoms with Crippen LogP contribution in [0.25, 0.3) is 0 Å². The van der Waals surface area contributed by atoms with E-state index in [1.165, 1.54) is 24.9 Å². The van der Waals surface area contributed by atoms with E-state index in [2.05, 4.69) is 25.7 Å². The second-order valence-corrected chi connectivity index (χ2v) is 7.62. The van der Waals surface area contributed by atoms with E-state index in [9.17, 15) is 9.59 Å². The van der Waals surface area contributed by atoms with Gasteiger partial charge in [-0.1, -0.05) is 45.0 Å². The molecular weight excluding hydrogens is 372 g/mol. The van der Waals surface area contributed by atoms with Crippen molar-refractivity contribution in [2.45, 2.75) is 39.5 Å². The zero-order chi connectivity index (χ0) is 20.4. The Morgan fingerprint density at radius 1 is 1.11 bits per heavy atom. The number of carbonyl (C=O) groups excluding carboxylic acids is 2. The van der Waals surface area contributed by atoms with Crippen LogP contribution < -0.4 is 9.47 Å². The second kappa shape index (κ2) is 11.3. The summed E-state index contributed by atoms with van der Waals surface area (Å²) < 4.78 is 11.4. The first kappa shape index (κ1) is 21.7. The molecule has 2 rings (SSSR count). The molecule has 0 N–H and O–H groups in total. The number of thiophene rings is 1. The molecule has 0 radical (unpaired) electrons. The van der Waals surface area contributed by atoms with E-state index in [1.54, 1.807) is 18.2 Å². The van der Waals surface area contributed by atoms with Gasteiger partial charge < -0.3 is 9.47 Å². The molecule has 0 aliphatic rings. The van der Waals surface area contributed by atoms with Gasteiger partial charge in [0, 0.05) is 6.07 Å². The summed E-state index contributed by atoms with van der Waals surface area (Å²) in [6, 6.07) is 6.98. The van der Waals surface area contributed by atoms with E-state index in [0.29, 0.717) is 40.0 Å². The molecule has 4 nitrogen and oxygen atoms in total. The molecule has 0 spiro atoms. The van der Waals surface area contributed by atoms with Gasteiger partial charge in [-0.25, -0.2) is 0 Å². The fourth-order valence-electron chi connectivity index (χ4n) is 2.78. The lowest BCUT2D eigenvalue weighted by Crippen LogP contribution is -2.12. The van der Waals surface area contributed by atoms with Gasteiger partial charge in [0.2, 0.25) is 0 Å². The summed E-state index contributed by atoms with van der Waals surface area (Å²) in [5.41, 5.74) is 1.10. The van der Waals surface area contributed by atoms with E-state index in [0.717, 1.165) is 36.7 Å². The molecule has 2 aromatic rings. The van der Waals surface area contributed by atoms with Crippen LogP contribution in [0.2, 0.25) is 0 Å². The van der Waals surface area contributed by atoms with Crippen molar-refractivity contribution in [3.8, 4) is 23.3 Å². The number of rotatable bonds is 10. The van der Waals surface area contributed by atoms with Crippen LogP contribution in [0, 0.1) is 17.8 Å². The molecule has 0 saturated carbocycles. The molecule has 1 heterocycles. The molecule has 0 saturated heterocycles. The SMILES string of the molecule is CCCCC(CC)COc1cc(C=O)c(OC)cc1C#Cc1ccc(C=O)s1. The van der Waals surface area contributed by atoms with Gasteiger partial charge in [0.05, 0.1) is 34.6 Å². The Labute approximate surface area is 170 Å². The summed E-state index contributed by atoms with van der Waals surface area (Å²) in [6.45, 7) is 4.93. The number of hydrogen-bond acceptors (Lipinski definition) is 5. The number of ether oxygens (including phenoxy) is 2. The van der Waals surface area contributed by atoms with Crippen molar-refractivity contribution in [2.75, 3.05) is 13.7 Å². The summed E-state index contributed by atoms with van der Waals surface area (Å²) >= 11 is 1.34. The van der Waals surface area contributed by atoms with Gasteiger partial charge in [-0.05, 0) is 30.5 Å². The number of benzene rings is 1. The van der Waals surface area contributed by atoms with E-state index in [1.807, 2.05) is 6.07 Å². The molecule has 0 bridgehead atoms. The van der Waals surface area contributed by atoms with Crippen molar-refractivity contribution >= 4 is 23.9 Å². The average molecular weight is 399 g/mol. The van der Waals surface area contributed by atoms with Crippen LogP contribution in [-0.2, 0) is 0 Å². The summed E-state index contributed by atoms with van der Waals surface area (Å²) in [5, 5.41) is 0. The number of methoxy groups -OCH3 is 1. The number of carbonyl (C=O) groups is 2. The van der Waals surface area contributed by atoms with E-state index < -0.39 is 0 Å². The minimum absolute atomic E-state index is 0.434. The van der Waals surface area contributed by atoms with Crippen molar-refractivity contribution in [1.82, 2.24) is 0 Å². The maximum Gasteiger partial charge on any atom is 0.160 e. The predicted molar refractivity (Wildman–Crippen MR) is 113 cm³/mol. The molecule has 148 valence electrons. The minimum Gasteiger partial charge on any atom is -0.496 e. The van der Waals surface area contributed by atoms with Gasteiger partial charge in [0.15, 0.2) is 12.6 Å². The minimum atomic E-state index is 0.434. The van der Waals surface area contributed by atoms with Crippen molar-refractivity contribution < 1.29 is 19.1 Å². The molecule has 1 atom stereocenters. The first-order valence-electron chi connectivity index (χ1n) is 9.52. The monoisotopic (exact) mass is 398 g/mol. The zero-order valence-electron chi connectivity index (χ0n) is 16.6. The van der Waals surface area contributed by atoms with Crippen LogP contribution in [0.4, 0.5) is 0 Å². The van der Waals surface area contributed by atoms with Crippen LogP contribution in [0.5, 0.6) is 11.5 Å². The summed E-state index contributed by atoms with van der Waals surface area (Å²) in [7, 11) is 1.52. The highest BCUT2D eigenvalue weighted by molar-refractivity contribution is 7.14. The molecule has 0 aliphatic carbocycles. The van der Waals surface area contributed by atoms with Crippen molar-refractivity contribution in [3.05, 3.63) is 45.1 Å². The summed E-state index contributed by atoms with van der Waals surface area (Å²) in [5.74, 6) is 7.68. The smallest absolute Gasteiger partial charge is 0.160 e. The highest BCUT2D eigenvalue weighted by Crippen LogP contribution is 2.29. The fraction of sp³-hybridized carbons (Fsp3) is 0.391. The molecular formula is C23H26O4S. The molecule has 0 aliphatic heterocycles. The maximum absolute atomic E-state index is 11.4. The van der Waals surface area contributed by atoms with E-state index in [-0.39, 0.29) is 0 Å². The van der Waals surface area contributed by atoms with Crippen LogP contribution in [0.1, 0.15) is 70.0 Å². The molecule has 1 unspecified atom stereocenters. The Balaban J connectivity index is 2.31. The second-order valence-electron chi connectivity index (χ2n) is 6.51. The van der Waals surface area contributed by atoms with Gasteiger partial charge >= 0.3 is 0 Å². The molecule has 0 amide bonds. The van der Waals surface area contributed by atoms with E-state index in [4.69, 9.17) is 9.47 Å². The number of hydrogen-bond donors (Lipinski definition) is 0. The van der Waals surface area contributed by atoms with Crippen LogP contribution >= 0.6 is 11.3 Å². The van der Waals surface area contributed by atoms with Gasteiger partial charge in [0.25, 0.3) is 0 Å². The molecule has 0 fully saturated rings. The normalized spacial score (nSPS) is 11.2. The largest absolute Gasteiger partial charge is 0.496 e. The molecule has 28 heavy (non-hydrogen) atoms. The highest BCUT2D eigenvalue weighted by Gasteiger charge is 2.13. The Bertz CT molecular complexity index is 857. The average Bonchev–Trinajstić information content (AvgIpc) is 3.20. The Morgan fingerprint density at radius 2 is 1.93 bits per heavy atom. The van der Waals surface area contributed by atoms with Gasteiger partial charge in [-0.2, -0.15) is 0 Å². The fourth-order valence-corrected chi connectivity index (χ4v) is 3.46. The first-order valence-corrected chi connectivity index (χ1v) is 10.3. The molecule has 1 aromatic carbocycles. The third kappa shape index (κ3) is 5.97. The summed E-state index contributed by atoms with van der Waals surface area (Å²) in [4.78, 5) is 23.7. The third-order valence-corrected chi connectivity index (χ3v) is 5.47. The van der Waals surface area contributed by atoms with Crippen LogP contribution in [-0.4, -0.2) is 26.3 Å². The quantitative estimate of drug-likeness (QED) is 0.398. The summed E-state index contributed by atoms with van der Waals surface area (Å²) in [6.07, 6.45) is 6.07. The number of unbranched alkanes of at least 4 members (excludes halogenated alkanes) is 1.